The summed E-state index contributed by atoms with van der Waals surface area (Å²) in [6.07, 6.45) is 5.67. The van der Waals surface area contributed by atoms with Crippen molar-refractivity contribution in [2.24, 2.45) is 7.05 Å². The van der Waals surface area contributed by atoms with Crippen molar-refractivity contribution in [3.8, 4) is 11.1 Å². The summed E-state index contributed by atoms with van der Waals surface area (Å²) < 4.78 is 35.9. The summed E-state index contributed by atoms with van der Waals surface area (Å²) in [6.45, 7) is 2.65. The Hall–Kier alpha value is -3.43. The van der Waals surface area contributed by atoms with Gasteiger partial charge >= 0.3 is 0 Å². The van der Waals surface area contributed by atoms with Crippen LogP contribution in [0.1, 0.15) is 24.8 Å². The lowest BCUT2D eigenvalue weighted by Gasteiger charge is -2.21. The van der Waals surface area contributed by atoms with Crippen molar-refractivity contribution in [3.05, 3.63) is 107 Å². The first kappa shape index (κ1) is 27.7. The molecule has 6 rings (SSSR count). The number of nitrogens with zero attached hydrogens (tertiary/aromatic N) is 2. The van der Waals surface area contributed by atoms with Gasteiger partial charge in [-0.1, -0.05) is 90.7 Å². The first-order valence-electron chi connectivity index (χ1n) is 13.6. The third kappa shape index (κ3) is 5.83. The predicted octanol–water partition coefficient (Wildman–Crippen LogP) is 8.07. The first-order valence-corrected chi connectivity index (χ1v) is 16.9. The van der Waals surface area contributed by atoms with E-state index in [1.807, 2.05) is 18.2 Å². The zero-order valence-corrected chi connectivity index (χ0v) is 25.4. The summed E-state index contributed by atoms with van der Waals surface area (Å²) in [5.41, 5.74) is 5.74. The first-order chi connectivity index (χ1) is 19.8. The van der Waals surface area contributed by atoms with E-state index >= 15 is 0 Å². The van der Waals surface area contributed by atoms with Gasteiger partial charge in [0.15, 0.2) is 0 Å². The Morgan fingerprint density at radius 1 is 0.976 bits per heavy atom. The van der Waals surface area contributed by atoms with Crippen LogP contribution in [0.5, 0.6) is 0 Å². The Morgan fingerprint density at radius 3 is 2.54 bits per heavy atom. The number of benzene rings is 4. The fourth-order valence-electron chi connectivity index (χ4n) is 5.30. The molecule has 1 aliphatic rings. The maximum absolute atomic E-state index is 11.5. The van der Waals surface area contributed by atoms with Gasteiger partial charge in [-0.2, -0.15) is 13.0 Å². The average molecular weight is 600 g/mol. The van der Waals surface area contributed by atoms with Gasteiger partial charge in [-0.25, -0.2) is 0 Å². The Morgan fingerprint density at radius 2 is 1.76 bits per heavy atom. The zero-order valence-electron chi connectivity index (χ0n) is 22.9. The number of rotatable bonds is 8. The lowest BCUT2D eigenvalue weighted by atomic mass is 10.0. The fourth-order valence-corrected chi connectivity index (χ4v) is 8.08. The smallest absolute Gasteiger partial charge is 0.264 e. The van der Waals surface area contributed by atoms with Crippen molar-refractivity contribution in [3.63, 3.8) is 0 Å². The molecule has 0 fully saturated rings. The highest BCUT2D eigenvalue weighted by molar-refractivity contribution is 8.03. The molecule has 8 heteroatoms. The monoisotopic (exact) mass is 599 g/mol. The Bertz CT molecular complexity index is 1930. The van der Waals surface area contributed by atoms with Gasteiger partial charge < -0.3 is 4.90 Å². The van der Waals surface area contributed by atoms with Gasteiger partial charge in [0.25, 0.3) is 15.1 Å². The summed E-state index contributed by atoms with van der Waals surface area (Å²) in [7, 11) is -1.90. The van der Waals surface area contributed by atoms with E-state index in [4.69, 9.17) is 0 Å². The number of fused-ring (bicyclic) bond motifs is 4. The molecule has 0 aliphatic carbocycles. The molecular formula is C33H31N2O3S3+. The normalized spacial score (nSPS) is 14.9. The van der Waals surface area contributed by atoms with Crippen LogP contribution in [0.15, 0.2) is 107 Å². The van der Waals surface area contributed by atoms with Crippen LogP contribution in [0.2, 0.25) is 0 Å². The maximum atomic E-state index is 11.5. The molecule has 0 saturated carbocycles. The lowest BCUT2D eigenvalue weighted by molar-refractivity contribution is -0.641. The van der Waals surface area contributed by atoms with Gasteiger partial charge in [-0.3, -0.25) is 4.55 Å². The van der Waals surface area contributed by atoms with Crippen LogP contribution in [-0.2, 0) is 17.2 Å². The largest absolute Gasteiger partial charge is 0.335 e. The van der Waals surface area contributed by atoms with Gasteiger partial charge in [-0.05, 0) is 65.3 Å². The highest BCUT2D eigenvalue weighted by Gasteiger charge is 2.26. The minimum atomic E-state index is -4.03. The minimum Gasteiger partial charge on any atom is -0.335 e. The Labute approximate surface area is 249 Å². The highest BCUT2D eigenvalue weighted by Crippen LogP contribution is 2.48. The molecule has 208 valence electrons. The van der Waals surface area contributed by atoms with Gasteiger partial charge in [0, 0.05) is 17.5 Å². The van der Waals surface area contributed by atoms with Crippen molar-refractivity contribution < 1.29 is 17.5 Å². The second kappa shape index (κ2) is 11.4. The van der Waals surface area contributed by atoms with Crippen LogP contribution in [0.4, 0.5) is 5.69 Å². The lowest BCUT2D eigenvalue weighted by Crippen LogP contribution is -2.29. The second-order valence-corrected chi connectivity index (χ2v) is 13.8. The van der Waals surface area contributed by atoms with Gasteiger partial charge in [0.05, 0.1) is 21.9 Å². The number of thiazole rings is 1. The standard InChI is InChI=1S/C33H30N2O3S3/c1-3-23(20-31-34(2)33-27-13-8-7-12-25(27)14-17-30(33)40-31)21-32-35(18-9-19-41(36,37)38)28-22-26(15-16-29(28)39-32)24-10-5-4-6-11-24/h4-8,10-17,20-22H,3,9,18-19H2,1-2H3/p+1. The summed E-state index contributed by atoms with van der Waals surface area (Å²) >= 11 is 3.49. The molecule has 0 unspecified atom stereocenters. The number of hydrogen-bond acceptors (Lipinski definition) is 5. The topological polar surface area (TPSA) is 61.5 Å². The Balaban J connectivity index is 1.39. The quantitative estimate of drug-likeness (QED) is 0.144. The number of thioether (sulfide) groups is 1. The molecule has 1 aliphatic heterocycles. The van der Waals surface area contributed by atoms with Crippen LogP contribution in [0.25, 0.3) is 38.2 Å². The molecule has 0 radical (unpaired) electrons. The molecule has 41 heavy (non-hydrogen) atoms. The van der Waals surface area contributed by atoms with Gasteiger partial charge in [0.2, 0.25) is 5.52 Å². The van der Waals surface area contributed by atoms with Crippen molar-refractivity contribution in [1.29, 1.82) is 0 Å². The van der Waals surface area contributed by atoms with E-state index in [1.54, 1.807) is 23.1 Å². The number of aryl methyl sites for hydroxylation is 1. The number of aromatic nitrogens is 1. The van der Waals surface area contributed by atoms with Crippen molar-refractivity contribution in [2.45, 2.75) is 24.7 Å². The van der Waals surface area contributed by atoms with E-state index in [0.29, 0.717) is 13.0 Å². The summed E-state index contributed by atoms with van der Waals surface area (Å²) in [4.78, 5) is 3.33. The van der Waals surface area contributed by atoms with Crippen LogP contribution in [-0.4, -0.2) is 25.3 Å². The van der Waals surface area contributed by atoms with Crippen LogP contribution < -0.4 is 9.47 Å². The summed E-state index contributed by atoms with van der Waals surface area (Å²) in [6, 6.07) is 29.6. The van der Waals surface area contributed by atoms with Crippen LogP contribution in [0.3, 0.4) is 0 Å². The zero-order chi connectivity index (χ0) is 28.6. The van der Waals surface area contributed by atoms with Crippen molar-refractivity contribution >= 4 is 66.0 Å². The summed E-state index contributed by atoms with van der Waals surface area (Å²) in [5.74, 6) is -0.267. The molecule has 0 saturated heterocycles. The van der Waals surface area contributed by atoms with E-state index in [0.717, 1.165) is 33.2 Å². The number of anilines is 1. The molecule has 0 bridgehead atoms. The molecule has 1 aromatic heterocycles. The SMILES string of the molecule is CCC(/C=C1\Sc2ccc(-c3ccccc3)cc2N1CCCS(=O)(=O)O)=C\c1sc2ccc3ccccc3c2[n+]1C. The Kier molecular flexibility index (Phi) is 7.74. The molecule has 5 aromatic rings. The third-order valence-electron chi connectivity index (χ3n) is 7.39. The molecular weight excluding hydrogens is 569 g/mol. The number of hydrogen-bond donors (Lipinski definition) is 1. The summed E-state index contributed by atoms with van der Waals surface area (Å²) in [5, 5.41) is 4.72. The maximum Gasteiger partial charge on any atom is 0.264 e. The third-order valence-corrected chi connectivity index (χ3v) is 10.5. The van der Waals surface area contributed by atoms with E-state index in [2.05, 4.69) is 102 Å². The molecule has 2 heterocycles. The molecule has 4 aromatic carbocycles. The number of allylic oxidation sites excluding steroid dienone is 2. The second-order valence-electron chi connectivity index (χ2n) is 10.1. The molecule has 0 amide bonds. The molecule has 0 atom stereocenters. The molecule has 1 N–H and O–H groups in total. The minimum absolute atomic E-state index is 0.267. The molecule has 5 nitrogen and oxygen atoms in total. The predicted molar refractivity (Wildman–Crippen MR) is 173 cm³/mol. The van der Waals surface area contributed by atoms with E-state index < -0.39 is 10.1 Å². The fraction of sp³-hybridized carbons (Fsp3) is 0.182. The van der Waals surface area contributed by atoms with Crippen molar-refractivity contribution in [2.75, 3.05) is 17.2 Å². The van der Waals surface area contributed by atoms with Gasteiger partial charge in [0.1, 0.15) is 11.7 Å². The van der Waals surface area contributed by atoms with Crippen LogP contribution >= 0.6 is 23.1 Å². The van der Waals surface area contributed by atoms with E-state index in [9.17, 15) is 13.0 Å². The highest BCUT2D eigenvalue weighted by atomic mass is 32.2. The van der Waals surface area contributed by atoms with Crippen LogP contribution in [0, 0.1) is 0 Å². The van der Waals surface area contributed by atoms with E-state index in [-0.39, 0.29) is 5.75 Å². The van der Waals surface area contributed by atoms with Crippen molar-refractivity contribution in [1.82, 2.24) is 0 Å². The van der Waals surface area contributed by atoms with E-state index in [1.165, 1.54) is 31.6 Å². The van der Waals surface area contributed by atoms with Gasteiger partial charge in [-0.15, -0.1) is 0 Å². The average Bonchev–Trinajstić information content (AvgIpc) is 3.48. The molecule has 0 spiro atoms.